The molecule has 0 radical (unpaired) electrons. The largest absolute Gasteiger partial charge is 0.508 e. The number of pyridine rings is 1. The maximum Gasteiger partial charge on any atom is 0.150 e. The van der Waals surface area contributed by atoms with Gasteiger partial charge in [-0.15, -0.1) is 5.11 Å². The van der Waals surface area contributed by atoms with Gasteiger partial charge < -0.3 is 10.2 Å². The van der Waals surface area contributed by atoms with E-state index in [1.54, 1.807) is 30.3 Å². The molecule has 2 N–H and O–H groups in total. The number of hydrogen-bond acceptors (Lipinski definition) is 6. The van der Waals surface area contributed by atoms with Crippen LogP contribution >= 0.6 is 0 Å². The maximum atomic E-state index is 9.65. The average molecular weight is 367 g/mol. The zero-order chi connectivity index (χ0) is 19.2. The number of likely N-dealkylation sites (tertiary alicyclic amines) is 1. The number of anilines is 1. The summed E-state index contributed by atoms with van der Waals surface area (Å²) in [6, 6.07) is 10.8. The third-order valence-electron chi connectivity index (χ3n) is 4.72. The van der Waals surface area contributed by atoms with Crippen LogP contribution in [0.15, 0.2) is 65.2 Å². The van der Waals surface area contributed by atoms with Crippen LogP contribution in [0, 0.1) is 0 Å². The summed E-state index contributed by atoms with van der Waals surface area (Å²) in [5.74, 6) is 1.52. The number of aromatic nitrogens is 1. The number of hydrogen-bond donors (Lipinski definition) is 2. The summed E-state index contributed by atoms with van der Waals surface area (Å²) in [6.45, 7) is 6.59. The van der Waals surface area contributed by atoms with Crippen LogP contribution in [0.2, 0.25) is 0 Å². The first-order chi connectivity index (χ1) is 13.0. The number of nitrogens with zero attached hydrogens (tertiary/aromatic N) is 5. The maximum absolute atomic E-state index is 9.65. The summed E-state index contributed by atoms with van der Waals surface area (Å²) >= 11 is 0. The minimum atomic E-state index is 0.114. The molecule has 0 atom stereocenters. The highest BCUT2D eigenvalue weighted by molar-refractivity contribution is 5.38. The predicted molar refractivity (Wildman–Crippen MR) is 105 cm³/mol. The fourth-order valence-corrected chi connectivity index (χ4v) is 3.24. The van der Waals surface area contributed by atoms with Crippen molar-refractivity contribution in [1.82, 2.24) is 9.88 Å². The molecule has 0 unspecified atom stereocenters. The monoisotopic (exact) mass is 367 g/mol. The van der Waals surface area contributed by atoms with E-state index in [9.17, 15) is 10.2 Å². The van der Waals surface area contributed by atoms with E-state index in [0.29, 0.717) is 29.7 Å². The quantitative estimate of drug-likeness (QED) is 0.601. The molecule has 0 amide bonds. The SMILES string of the molecule is C=C(CN1CCC(c2cccc(O)c2)CC1)/N=N\N(C)c1ccc(O)cn1. The van der Waals surface area contributed by atoms with Gasteiger partial charge in [0, 0.05) is 13.6 Å². The Hall–Kier alpha value is -2.93. The van der Waals surface area contributed by atoms with Gasteiger partial charge in [0.2, 0.25) is 0 Å². The van der Waals surface area contributed by atoms with Crippen molar-refractivity contribution in [1.29, 1.82) is 0 Å². The van der Waals surface area contributed by atoms with Crippen molar-refractivity contribution >= 4 is 5.82 Å². The van der Waals surface area contributed by atoms with Crippen LogP contribution in [0.25, 0.3) is 0 Å². The number of aromatic hydroxyl groups is 2. The second kappa shape index (κ2) is 8.64. The Morgan fingerprint density at radius 3 is 2.67 bits per heavy atom. The van der Waals surface area contributed by atoms with Crippen molar-refractivity contribution in [2.45, 2.75) is 18.8 Å². The molecule has 1 saturated heterocycles. The first kappa shape index (κ1) is 18.8. The minimum Gasteiger partial charge on any atom is -0.508 e. The van der Waals surface area contributed by atoms with E-state index in [0.717, 1.165) is 25.9 Å². The molecule has 7 heteroatoms. The van der Waals surface area contributed by atoms with Gasteiger partial charge in [-0.25, -0.2) is 9.99 Å². The van der Waals surface area contributed by atoms with Crippen molar-refractivity contribution in [2.24, 2.45) is 10.3 Å². The Kier molecular flexibility index (Phi) is 6.03. The molecule has 1 aromatic carbocycles. The van der Waals surface area contributed by atoms with Crippen molar-refractivity contribution in [3.63, 3.8) is 0 Å². The molecule has 2 heterocycles. The Labute approximate surface area is 159 Å². The zero-order valence-corrected chi connectivity index (χ0v) is 15.5. The Balaban J connectivity index is 1.47. The fourth-order valence-electron chi connectivity index (χ4n) is 3.24. The van der Waals surface area contributed by atoms with E-state index in [-0.39, 0.29) is 5.75 Å². The lowest BCUT2D eigenvalue weighted by Gasteiger charge is -2.32. The van der Waals surface area contributed by atoms with Crippen LogP contribution in [0.4, 0.5) is 5.82 Å². The van der Waals surface area contributed by atoms with E-state index in [2.05, 4.69) is 32.9 Å². The Morgan fingerprint density at radius 2 is 2.00 bits per heavy atom. The summed E-state index contributed by atoms with van der Waals surface area (Å²) in [5.41, 5.74) is 1.90. The number of rotatable bonds is 6. The molecule has 1 aromatic heterocycles. The molecule has 3 rings (SSSR count). The third kappa shape index (κ3) is 5.27. The van der Waals surface area contributed by atoms with Gasteiger partial charge in [-0.05, 0) is 61.7 Å². The summed E-state index contributed by atoms with van der Waals surface area (Å²) in [6.07, 6.45) is 3.46. The molecule has 2 aromatic rings. The molecule has 1 aliphatic heterocycles. The lowest BCUT2D eigenvalue weighted by Crippen LogP contribution is -2.34. The lowest BCUT2D eigenvalue weighted by atomic mass is 9.89. The van der Waals surface area contributed by atoms with Gasteiger partial charge in [0.25, 0.3) is 0 Å². The van der Waals surface area contributed by atoms with Gasteiger partial charge in [0.15, 0.2) is 0 Å². The van der Waals surface area contributed by atoms with Crippen molar-refractivity contribution in [2.75, 3.05) is 31.7 Å². The molecule has 0 saturated carbocycles. The molecule has 0 spiro atoms. The Bertz CT molecular complexity index is 798. The fraction of sp³-hybridized carbons (Fsp3) is 0.350. The van der Waals surface area contributed by atoms with E-state index in [1.165, 1.54) is 11.8 Å². The smallest absolute Gasteiger partial charge is 0.150 e. The van der Waals surface area contributed by atoms with E-state index in [1.807, 2.05) is 12.1 Å². The lowest BCUT2D eigenvalue weighted by molar-refractivity contribution is 0.227. The first-order valence-corrected chi connectivity index (χ1v) is 9.01. The summed E-state index contributed by atoms with van der Waals surface area (Å²) in [7, 11) is 1.75. The second-order valence-electron chi connectivity index (χ2n) is 6.80. The molecule has 0 bridgehead atoms. The van der Waals surface area contributed by atoms with Gasteiger partial charge in [-0.3, -0.25) is 4.90 Å². The van der Waals surface area contributed by atoms with Gasteiger partial charge in [-0.2, -0.15) is 0 Å². The number of benzene rings is 1. The third-order valence-corrected chi connectivity index (χ3v) is 4.72. The second-order valence-corrected chi connectivity index (χ2v) is 6.80. The molecule has 0 aliphatic carbocycles. The molecule has 142 valence electrons. The number of piperidine rings is 1. The minimum absolute atomic E-state index is 0.114. The van der Waals surface area contributed by atoms with Crippen LogP contribution in [-0.2, 0) is 0 Å². The summed E-state index contributed by atoms with van der Waals surface area (Å²) in [4.78, 5) is 6.40. The van der Waals surface area contributed by atoms with E-state index >= 15 is 0 Å². The highest BCUT2D eigenvalue weighted by Gasteiger charge is 2.21. The Morgan fingerprint density at radius 1 is 1.22 bits per heavy atom. The number of phenols is 1. The number of phenolic OH excluding ortho intramolecular Hbond substituents is 1. The molecule has 1 fully saturated rings. The highest BCUT2D eigenvalue weighted by atomic mass is 16.3. The van der Waals surface area contributed by atoms with E-state index < -0.39 is 0 Å². The molecule has 27 heavy (non-hydrogen) atoms. The van der Waals surface area contributed by atoms with Crippen LogP contribution in [0.5, 0.6) is 11.5 Å². The summed E-state index contributed by atoms with van der Waals surface area (Å²) in [5, 5.41) is 28.8. The van der Waals surface area contributed by atoms with Crippen LogP contribution in [-0.4, -0.2) is 46.8 Å². The van der Waals surface area contributed by atoms with Crippen molar-refractivity contribution in [3.05, 3.63) is 60.4 Å². The average Bonchev–Trinajstić information content (AvgIpc) is 2.67. The normalized spacial score (nSPS) is 15.9. The van der Waals surface area contributed by atoms with Gasteiger partial charge in [0.1, 0.15) is 17.3 Å². The predicted octanol–water partition coefficient (Wildman–Crippen LogP) is 3.69. The van der Waals surface area contributed by atoms with Crippen molar-refractivity contribution < 1.29 is 10.2 Å². The topological polar surface area (TPSA) is 84.5 Å². The first-order valence-electron chi connectivity index (χ1n) is 9.01. The molecule has 7 nitrogen and oxygen atoms in total. The zero-order valence-electron chi connectivity index (χ0n) is 15.5. The molecule has 1 aliphatic rings. The van der Waals surface area contributed by atoms with Crippen LogP contribution in [0.1, 0.15) is 24.3 Å². The van der Waals surface area contributed by atoms with Crippen LogP contribution < -0.4 is 5.01 Å². The van der Waals surface area contributed by atoms with Crippen molar-refractivity contribution in [3.8, 4) is 11.5 Å². The van der Waals surface area contributed by atoms with Gasteiger partial charge >= 0.3 is 0 Å². The van der Waals surface area contributed by atoms with Crippen LogP contribution in [0.3, 0.4) is 0 Å². The standard InChI is InChI=1S/C20H25N5O2/c1-15(22-23-24(2)20-7-6-19(27)13-21-20)14-25-10-8-16(9-11-25)17-4-3-5-18(26)12-17/h3-7,12-13,16,26-27H,1,8-11,14H2,2H3/b23-22-. The van der Waals surface area contributed by atoms with Gasteiger partial charge in [-0.1, -0.05) is 23.9 Å². The molecular formula is C20H25N5O2. The summed E-state index contributed by atoms with van der Waals surface area (Å²) < 4.78 is 0. The molecular weight excluding hydrogens is 342 g/mol. The van der Waals surface area contributed by atoms with Gasteiger partial charge in [0.05, 0.1) is 11.9 Å². The van der Waals surface area contributed by atoms with E-state index in [4.69, 9.17) is 0 Å². The highest BCUT2D eigenvalue weighted by Crippen LogP contribution is 2.30.